The van der Waals surface area contributed by atoms with E-state index in [0.717, 1.165) is 28.7 Å². The number of rotatable bonds is 3. The number of anilines is 1. The number of nitrogen functional groups attached to an aromatic ring is 1. The normalized spacial score (nSPS) is 10.3. The molecule has 2 aromatic rings. The number of nitriles is 1. The van der Waals surface area contributed by atoms with Crippen molar-refractivity contribution in [3.63, 3.8) is 0 Å². The zero-order valence-electron chi connectivity index (χ0n) is 10.0. The second-order valence-electron chi connectivity index (χ2n) is 3.96. The van der Waals surface area contributed by atoms with Crippen molar-refractivity contribution in [1.82, 2.24) is 9.78 Å². The Labute approximate surface area is 114 Å². The zero-order chi connectivity index (χ0) is 13.1. The second-order valence-corrected chi connectivity index (χ2v) is 4.87. The van der Waals surface area contributed by atoms with Crippen LogP contribution in [-0.4, -0.2) is 9.78 Å². The molecule has 0 spiro atoms. The molecule has 18 heavy (non-hydrogen) atoms. The van der Waals surface area contributed by atoms with Crippen LogP contribution in [0, 0.1) is 11.3 Å². The minimum Gasteiger partial charge on any atom is -0.382 e. The van der Waals surface area contributed by atoms with Crippen molar-refractivity contribution in [3.8, 4) is 11.8 Å². The monoisotopic (exact) mass is 304 g/mol. The first-order valence-corrected chi connectivity index (χ1v) is 6.50. The first-order chi connectivity index (χ1) is 8.67. The van der Waals surface area contributed by atoms with E-state index in [1.54, 1.807) is 4.68 Å². The minimum absolute atomic E-state index is 0.406. The van der Waals surface area contributed by atoms with Gasteiger partial charge in [0.25, 0.3) is 0 Å². The molecular formula is C13H13BrN4. The third-order valence-electron chi connectivity index (χ3n) is 2.66. The maximum Gasteiger partial charge on any atom is 0.145 e. The molecule has 4 nitrogen and oxygen atoms in total. The van der Waals surface area contributed by atoms with Gasteiger partial charge in [-0.25, -0.2) is 4.68 Å². The largest absolute Gasteiger partial charge is 0.382 e. The molecular weight excluding hydrogens is 292 g/mol. The summed E-state index contributed by atoms with van der Waals surface area (Å²) in [6.07, 6.45) is 1.70. The molecule has 0 aliphatic rings. The first-order valence-electron chi connectivity index (χ1n) is 5.70. The van der Waals surface area contributed by atoms with Gasteiger partial charge in [0.05, 0.1) is 11.4 Å². The first kappa shape index (κ1) is 12.7. The summed E-state index contributed by atoms with van der Waals surface area (Å²) in [5.74, 6) is 0.406. The Morgan fingerprint density at radius 1 is 1.39 bits per heavy atom. The van der Waals surface area contributed by atoms with Gasteiger partial charge in [-0.1, -0.05) is 29.3 Å². The van der Waals surface area contributed by atoms with Gasteiger partial charge in [-0.05, 0) is 30.7 Å². The standard InChI is InChI=1S/C13H13BrN4/c1-2-3-12-11(8-15)13(16)18(17-12)10-6-4-9(14)5-7-10/h4-7H,2-3,16H2,1H3. The summed E-state index contributed by atoms with van der Waals surface area (Å²) in [5.41, 5.74) is 8.09. The van der Waals surface area contributed by atoms with Crippen molar-refractivity contribution >= 4 is 21.7 Å². The van der Waals surface area contributed by atoms with E-state index in [4.69, 9.17) is 11.0 Å². The van der Waals surface area contributed by atoms with Crippen LogP contribution in [-0.2, 0) is 6.42 Å². The Hall–Kier alpha value is -1.80. The lowest BCUT2D eigenvalue weighted by atomic mass is 10.2. The number of hydrogen-bond donors (Lipinski definition) is 1. The van der Waals surface area contributed by atoms with Crippen LogP contribution in [0.4, 0.5) is 5.82 Å². The quantitative estimate of drug-likeness (QED) is 0.947. The van der Waals surface area contributed by atoms with Crippen molar-refractivity contribution in [3.05, 3.63) is 40.0 Å². The number of nitrogens with two attached hydrogens (primary N) is 1. The van der Waals surface area contributed by atoms with Crippen molar-refractivity contribution in [2.75, 3.05) is 5.73 Å². The molecule has 5 heteroatoms. The third-order valence-corrected chi connectivity index (χ3v) is 3.19. The molecule has 0 aliphatic heterocycles. The lowest BCUT2D eigenvalue weighted by molar-refractivity contribution is 0.810. The molecule has 1 aromatic carbocycles. The summed E-state index contributed by atoms with van der Waals surface area (Å²) in [6, 6.07) is 9.78. The Bertz CT molecular complexity index is 593. The lowest BCUT2D eigenvalue weighted by Gasteiger charge is -2.03. The average Bonchev–Trinajstić information content (AvgIpc) is 2.67. The number of benzene rings is 1. The van der Waals surface area contributed by atoms with Gasteiger partial charge < -0.3 is 5.73 Å². The molecule has 0 saturated heterocycles. The molecule has 2 rings (SSSR count). The van der Waals surface area contributed by atoms with E-state index < -0.39 is 0 Å². The van der Waals surface area contributed by atoms with Crippen LogP contribution in [0.2, 0.25) is 0 Å². The van der Waals surface area contributed by atoms with Gasteiger partial charge >= 0.3 is 0 Å². The number of aromatic nitrogens is 2. The van der Waals surface area contributed by atoms with Crippen LogP contribution in [0.15, 0.2) is 28.7 Å². The Balaban J connectivity index is 2.52. The molecule has 1 aromatic heterocycles. The van der Waals surface area contributed by atoms with E-state index in [1.165, 1.54) is 0 Å². The second kappa shape index (κ2) is 5.23. The summed E-state index contributed by atoms with van der Waals surface area (Å²) in [5, 5.41) is 13.6. The zero-order valence-corrected chi connectivity index (χ0v) is 11.6. The number of halogens is 1. The topological polar surface area (TPSA) is 67.6 Å². The average molecular weight is 305 g/mol. The highest BCUT2D eigenvalue weighted by molar-refractivity contribution is 9.10. The third kappa shape index (κ3) is 2.24. The Kier molecular flexibility index (Phi) is 3.68. The predicted octanol–water partition coefficient (Wildman–Crippen LogP) is 3.04. The van der Waals surface area contributed by atoms with Gasteiger partial charge in [0.15, 0.2) is 0 Å². The van der Waals surface area contributed by atoms with E-state index in [2.05, 4.69) is 34.0 Å². The summed E-state index contributed by atoms with van der Waals surface area (Å²) >= 11 is 3.38. The maximum absolute atomic E-state index is 9.14. The van der Waals surface area contributed by atoms with E-state index in [9.17, 15) is 0 Å². The summed E-state index contributed by atoms with van der Waals surface area (Å²) in [6.45, 7) is 2.05. The molecule has 0 bridgehead atoms. The van der Waals surface area contributed by atoms with Crippen molar-refractivity contribution in [1.29, 1.82) is 5.26 Å². The van der Waals surface area contributed by atoms with Gasteiger partial charge in [0, 0.05) is 4.47 Å². The SMILES string of the molecule is CCCc1nn(-c2ccc(Br)cc2)c(N)c1C#N. The molecule has 0 atom stereocenters. The van der Waals surface area contributed by atoms with E-state index in [1.807, 2.05) is 24.3 Å². The Morgan fingerprint density at radius 3 is 2.61 bits per heavy atom. The van der Waals surface area contributed by atoms with Crippen LogP contribution >= 0.6 is 15.9 Å². The van der Waals surface area contributed by atoms with E-state index in [0.29, 0.717) is 11.4 Å². The van der Waals surface area contributed by atoms with E-state index >= 15 is 0 Å². The highest BCUT2D eigenvalue weighted by Crippen LogP contribution is 2.22. The van der Waals surface area contributed by atoms with Gasteiger partial charge in [0.1, 0.15) is 17.5 Å². The van der Waals surface area contributed by atoms with Crippen LogP contribution < -0.4 is 5.73 Å². The van der Waals surface area contributed by atoms with Gasteiger partial charge in [-0.3, -0.25) is 0 Å². The lowest BCUT2D eigenvalue weighted by Crippen LogP contribution is -2.02. The highest BCUT2D eigenvalue weighted by atomic mass is 79.9. The van der Waals surface area contributed by atoms with Gasteiger partial charge in [0.2, 0.25) is 0 Å². The number of aryl methyl sites for hydroxylation is 1. The van der Waals surface area contributed by atoms with Gasteiger partial charge in [-0.2, -0.15) is 10.4 Å². The fourth-order valence-electron chi connectivity index (χ4n) is 1.79. The molecule has 0 saturated carbocycles. The maximum atomic E-state index is 9.14. The van der Waals surface area contributed by atoms with Crippen molar-refractivity contribution in [2.45, 2.75) is 19.8 Å². The van der Waals surface area contributed by atoms with Crippen LogP contribution in [0.25, 0.3) is 5.69 Å². The summed E-state index contributed by atoms with van der Waals surface area (Å²) in [4.78, 5) is 0. The van der Waals surface area contributed by atoms with Crippen LogP contribution in [0.5, 0.6) is 0 Å². The van der Waals surface area contributed by atoms with Gasteiger partial charge in [-0.15, -0.1) is 0 Å². The summed E-state index contributed by atoms with van der Waals surface area (Å²) < 4.78 is 2.61. The fraction of sp³-hybridized carbons (Fsp3) is 0.231. The van der Waals surface area contributed by atoms with Crippen molar-refractivity contribution in [2.24, 2.45) is 0 Å². The highest BCUT2D eigenvalue weighted by Gasteiger charge is 2.15. The smallest absolute Gasteiger partial charge is 0.145 e. The minimum atomic E-state index is 0.406. The molecule has 0 radical (unpaired) electrons. The van der Waals surface area contributed by atoms with Crippen LogP contribution in [0.3, 0.4) is 0 Å². The molecule has 2 N–H and O–H groups in total. The predicted molar refractivity (Wildman–Crippen MR) is 74.4 cm³/mol. The van der Waals surface area contributed by atoms with Crippen molar-refractivity contribution < 1.29 is 0 Å². The molecule has 0 fully saturated rings. The number of nitrogens with zero attached hydrogens (tertiary/aromatic N) is 3. The fourth-order valence-corrected chi connectivity index (χ4v) is 2.06. The molecule has 1 heterocycles. The Morgan fingerprint density at radius 2 is 2.06 bits per heavy atom. The molecule has 0 amide bonds. The molecule has 0 unspecified atom stereocenters. The van der Waals surface area contributed by atoms with Crippen LogP contribution in [0.1, 0.15) is 24.6 Å². The molecule has 0 aliphatic carbocycles. The summed E-state index contributed by atoms with van der Waals surface area (Å²) in [7, 11) is 0. The van der Waals surface area contributed by atoms with E-state index in [-0.39, 0.29) is 0 Å². The molecule has 92 valence electrons. The number of hydrogen-bond acceptors (Lipinski definition) is 3.